The predicted octanol–water partition coefficient (Wildman–Crippen LogP) is 8.92. The van der Waals surface area contributed by atoms with E-state index in [0.29, 0.717) is 32.3 Å². The highest BCUT2D eigenvalue weighted by Gasteiger charge is 2.42. The molecule has 0 amide bonds. The second-order valence-corrected chi connectivity index (χ2v) is 15.7. The van der Waals surface area contributed by atoms with Crippen LogP contribution in [0, 0.1) is 11.6 Å². The van der Waals surface area contributed by atoms with Gasteiger partial charge in [-0.1, -0.05) is 36.4 Å². The highest BCUT2D eigenvalue weighted by Crippen LogP contribution is 2.72. The van der Waals surface area contributed by atoms with E-state index in [-0.39, 0.29) is 0 Å². The van der Waals surface area contributed by atoms with Gasteiger partial charge in [-0.3, -0.25) is 0 Å². The third-order valence-corrected chi connectivity index (χ3v) is 10.8. The number of hydrogen-bond donors (Lipinski definition) is 0. The first-order chi connectivity index (χ1) is 19.1. The molecular formula is C32H34F2O5S2. The van der Waals surface area contributed by atoms with Crippen LogP contribution in [0.5, 0.6) is 11.5 Å². The minimum atomic E-state index is -4.80. The van der Waals surface area contributed by atoms with Crippen LogP contribution in [0.1, 0.15) is 41.5 Å². The molecule has 4 rings (SSSR count). The van der Waals surface area contributed by atoms with Crippen LogP contribution in [0.2, 0.25) is 0 Å². The first-order valence-electron chi connectivity index (χ1n) is 13.0. The maximum Gasteiger partial charge on any atom is 0.310 e. The Bertz CT molecular complexity index is 1570. The summed E-state index contributed by atoms with van der Waals surface area (Å²) in [5, 5.41) is 0. The molecule has 4 aromatic rings. The van der Waals surface area contributed by atoms with Crippen LogP contribution >= 0.6 is 10.3 Å². The molecule has 5 nitrogen and oxygen atoms in total. The third-order valence-electron chi connectivity index (χ3n) is 5.57. The molecule has 218 valence electrons. The fourth-order valence-electron chi connectivity index (χ4n) is 4.13. The lowest BCUT2D eigenvalue weighted by molar-refractivity contribution is 0.118. The molecule has 4 aromatic carbocycles. The van der Waals surface area contributed by atoms with Gasteiger partial charge in [0, 0.05) is 21.9 Å². The summed E-state index contributed by atoms with van der Waals surface area (Å²) >= 11 is 0. The van der Waals surface area contributed by atoms with Gasteiger partial charge >= 0.3 is 10.1 Å². The molecule has 0 radical (unpaired) electrons. The normalized spacial score (nSPS) is 13.1. The maximum atomic E-state index is 14.9. The van der Waals surface area contributed by atoms with Crippen molar-refractivity contribution in [1.82, 2.24) is 0 Å². The number of halogens is 2. The fraction of sp³-hybridized carbons (Fsp3) is 0.250. The lowest BCUT2D eigenvalue weighted by atomic mass is 10.2. The average molecular weight is 601 g/mol. The lowest BCUT2D eigenvalue weighted by Gasteiger charge is -2.41. The molecule has 0 saturated carbocycles. The van der Waals surface area contributed by atoms with Gasteiger partial charge in [-0.05, 0) is 100 Å². The standard InChI is InChI=1S/C32H34F2O5S2/c1-31(2,3)37-24-18-20-30(28(22-24)38-32(4,5)6)40(25-13-9-7-10-14-25,26-15-11-8-12-16-26)39-41(35,36)29-19-17-23(33)21-27(29)34/h7-22H,1-6H3. The SMILES string of the molecule is CC(C)(C)Oc1ccc(S(OS(=O)(=O)c2ccc(F)cc2F)(c2ccccc2)c2ccccc2)c(OC(C)(C)C)c1. The molecule has 0 N–H and O–H groups in total. The first kappa shape index (κ1) is 30.6. The van der Waals surface area contributed by atoms with E-state index >= 15 is 0 Å². The number of ether oxygens (including phenoxy) is 2. The fourth-order valence-corrected chi connectivity index (χ4v) is 9.46. The van der Waals surface area contributed by atoms with Crippen LogP contribution in [0.25, 0.3) is 0 Å². The Hall–Kier alpha value is -3.40. The van der Waals surface area contributed by atoms with Crippen LogP contribution < -0.4 is 9.47 Å². The summed E-state index contributed by atoms with van der Waals surface area (Å²) in [7, 11) is -7.96. The molecule has 0 bridgehead atoms. The van der Waals surface area contributed by atoms with Crippen molar-refractivity contribution in [3.63, 3.8) is 0 Å². The quantitative estimate of drug-likeness (QED) is 0.202. The molecule has 0 aliphatic rings. The lowest BCUT2D eigenvalue weighted by Crippen LogP contribution is -2.25. The third kappa shape index (κ3) is 7.09. The summed E-state index contributed by atoms with van der Waals surface area (Å²) in [5.41, 5.74) is -1.20. The summed E-state index contributed by atoms with van der Waals surface area (Å²) in [5.74, 6) is -1.29. The van der Waals surface area contributed by atoms with E-state index in [1.807, 2.05) is 41.5 Å². The van der Waals surface area contributed by atoms with Crippen molar-refractivity contribution in [2.75, 3.05) is 0 Å². The molecule has 0 fully saturated rings. The minimum absolute atomic E-state index is 0.344. The number of hydrogen-bond acceptors (Lipinski definition) is 5. The Morgan fingerprint density at radius 1 is 0.610 bits per heavy atom. The van der Waals surface area contributed by atoms with Gasteiger partial charge in [0.1, 0.15) is 39.2 Å². The van der Waals surface area contributed by atoms with Crippen LogP contribution in [-0.2, 0) is 13.7 Å². The highest BCUT2D eigenvalue weighted by molar-refractivity contribution is 8.33. The zero-order valence-corrected chi connectivity index (χ0v) is 25.5. The van der Waals surface area contributed by atoms with Gasteiger partial charge in [0.25, 0.3) is 0 Å². The van der Waals surface area contributed by atoms with E-state index in [4.69, 9.17) is 13.1 Å². The van der Waals surface area contributed by atoms with E-state index in [2.05, 4.69) is 0 Å². The maximum absolute atomic E-state index is 14.9. The molecule has 0 atom stereocenters. The molecule has 0 unspecified atom stereocenters. The molecule has 9 heteroatoms. The van der Waals surface area contributed by atoms with Gasteiger partial charge in [0.15, 0.2) is 0 Å². The van der Waals surface area contributed by atoms with Gasteiger partial charge in [0.05, 0.1) is 4.90 Å². The largest absolute Gasteiger partial charge is 0.488 e. The van der Waals surface area contributed by atoms with Gasteiger partial charge in [-0.15, -0.1) is 0 Å². The summed E-state index contributed by atoms with van der Waals surface area (Å²) in [6.07, 6.45) is 0. The van der Waals surface area contributed by atoms with Crippen molar-refractivity contribution in [2.45, 2.75) is 72.3 Å². The Labute approximate surface area is 242 Å². The summed E-state index contributed by atoms with van der Waals surface area (Å²) in [6, 6.07) is 25.2. The van der Waals surface area contributed by atoms with E-state index < -0.39 is 48.2 Å². The van der Waals surface area contributed by atoms with Gasteiger partial charge < -0.3 is 9.47 Å². The van der Waals surface area contributed by atoms with Crippen molar-refractivity contribution in [3.8, 4) is 11.5 Å². The Balaban J connectivity index is 2.09. The smallest absolute Gasteiger partial charge is 0.310 e. The van der Waals surface area contributed by atoms with Crippen molar-refractivity contribution in [1.29, 1.82) is 0 Å². The number of rotatable bonds is 8. The van der Waals surface area contributed by atoms with Crippen molar-refractivity contribution >= 4 is 20.4 Å². The molecule has 0 heterocycles. The zero-order chi connectivity index (χ0) is 30.1. The van der Waals surface area contributed by atoms with Crippen LogP contribution in [0.4, 0.5) is 8.78 Å². The van der Waals surface area contributed by atoms with Gasteiger partial charge in [0.2, 0.25) is 0 Å². The molecule has 0 aliphatic heterocycles. The van der Waals surface area contributed by atoms with Gasteiger partial charge in [-0.25, -0.2) is 12.4 Å². The number of benzene rings is 4. The van der Waals surface area contributed by atoms with Crippen LogP contribution in [-0.4, -0.2) is 19.6 Å². The Kier molecular flexibility index (Phi) is 8.55. The summed E-state index contributed by atoms with van der Waals surface area (Å²) < 4.78 is 75.3. The van der Waals surface area contributed by atoms with E-state index in [9.17, 15) is 17.2 Å². The molecule has 0 spiro atoms. The molecule has 0 saturated heterocycles. The molecule has 41 heavy (non-hydrogen) atoms. The molecule has 0 aromatic heterocycles. The highest BCUT2D eigenvalue weighted by atomic mass is 32.3. The molecule has 0 aliphatic carbocycles. The summed E-state index contributed by atoms with van der Waals surface area (Å²) in [4.78, 5) is 0.715. The van der Waals surface area contributed by atoms with Crippen LogP contribution in [0.15, 0.2) is 117 Å². The Morgan fingerprint density at radius 3 is 1.61 bits per heavy atom. The first-order valence-corrected chi connectivity index (χ1v) is 15.9. The monoisotopic (exact) mass is 600 g/mol. The Morgan fingerprint density at radius 2 is 1.12 bits per heavy atom. The zero-order valence-electron chi connectivity index (χ0n) is 23.9. The van der Waals surface area contributed by atoms with Crippen molar-refractivity contribution in [2.24, 2.45) is 0 Å². The molecular weight excluding hydrogens is 566 g/mol. The topological polar surface area (TPSA) is 61.8 Å². The van der Waals surface area contributed by atoms with E-state index in [0.717, 1.165) is 12.1 Å². The van der Waals surface area contributed by atoms with Crippen LogP contribution in [0.3, 0.4) is 0 Å². The minimum Gasteiger partial charge on any atom is -0.488 e. The van der Waals surface area contributed by atoms with Crippen molar-refractivity contribution < 1.29 is 30.3 Å². The average Bonchev–Trinajstić information content (AvgIpc) is 2.86. The second-order valence-electron chi connectivity index (χ2n) is 11.3. The predicted molar refractivity (Wildman–Crippen MR) is 157 cm³/mol. The van der Waals surface area contributed by atoms with E-state index in [1.165, 1.54) is 0 Å². The summed E-state index contributed by atoms with van der Waals surface area (Å²) in [6.45, 7) is 11.4. The van der Waals surface area contributed by atoms with Crippen molar-refractivity contribution in [3.05, 3.63) is 109 Å². The van der Waals surface area contributed by atoms with E-state index in [1.54, 1.807) is 78.9 Å². The second kappa shape index (κ2) is 11.5. The van der Waals surface area contributed by atoms with Gasteiger partial charge in [-0.2, -0.15) is 8.42 Å².